The second-order valence-electron chi connectivity index (χ2n) is 8.53. The number of nitrogens with zero attached hydrogens (tertiary/aromatic N) is 3. The minimum Gasteiger partial charge on any atom is -0.493 e. The van der Waals surface area contributed by atoms with Crippen molar-refractivity contribution in [3.63, 3.8) is 0 Å². The maximum absolute atomic E-state index is 12.4. The lowest BCUT2D eigenvalue weighted by atomic mass is 9.72. The SMILES string of the molecule is CNC(=O)c1cc(OC)c2nc(-c3ccc(C4(NC(=O)O)CCC4)cc3)c(-c3ccccc3)n2n1. The Balaban J connectivity index is 1.69. The highest BCUT2D eigenvalue weighted by atomic mass is 16.5. The van der Waals surface area contributed by atoms with Gasteiger partial charge >= 0.3 is 6.09 Å². The summed E-state index contributed by atoms with van der Waals surface area (Å²) in [6.45, 7) is 0. The number of nitrogens with one attached hydrogen (secondary N) is 2. The molecule has 1 aliphatic carbocycles. The summed E-state index contributed by atoms with van der Waals surface area (Å²) in [5.74, 6) is 0.0956. The van der Waals surface area contributed by atoms with Gasteiger partial charge in [0.05, 0.1) is 18.3 Å². The van der Waals surface area contributed by atoms with Crippen molar-refractivity contribution in [3.05, 3.63) is 71.9 Å². The molecule has 9 nitrogen and oxygen atoms in total. The van der Waals surface area contributed by atoms with Crippen LogP contribution in [-0.4, -0.2) is 45.9 Å². The fourth-order valence-electron chi connectivity index (χ4n) is 4.61. The van der Waals surface area contributed by atoms with E-state index in [9.17, 15) is 14.7 Å². The lowest BCUT2D eigenvalue weighted by Gasteiger charge is -2.42. The zero-order valence-corrected chi connectivity index (χ0v) is 19.4. The minimum atomic E-state index is -1.02. The quantitative estimate of drug-likeness (QED) is 0.390. The molecule has 2 amide bonds. The van der Waals surface area contributed by atoms with Crippen molar-refractivity contribution >= 4 is 17.6 Å². The van der Waals surface area contributed by atoms with Crippen LogP contribution in [0.15, 0.2) is 60.7 Å². The van der Waals surface area contributed by atoms with Gasteiger partial charge in [-0.1, -0.05) is 54.6 Å². The van der Waals surface area contributed by atoms with Crippen LogP contribution < -0.4 is 15.4 Å². The first kappa shape index (κ1) is 22.4. The highest BCUT2D eigenvalue weighted by molar-refractivity contribution is 5.93. The summed E-state index contributed by atoms with van der Waals surface area (Å²) in [7, 11) is 3.08. The van der Waals surface area contributed by atoms with Crippen molar-refractivity contribution in [2.45, 2.75) is 24.8 Å². The summed E-state index contributed by atoms with van der Waals surface area (Å²) in [5.41, 5.74) is 4.20. The highest BCUT2D eigenvalue weighted by Gasteiger charge is 2.40. The van der Waals surface area contributed by atoms with E-state index >= 15 is 0 Å². The number of carboxylic acid groups (broad SMARTS) is 1. The third kappa shape index (κ3) is 3.84. The second kappa shape index (κ2) is 8.75. The average molecular weight is 472 g/mol. The molecule has 35 heavy (non-hydrogen) atoms. The van der Waals surface area contributed by atoms with E-state index in [0.29, 0.717) is 17.1 Å². The Morgan fingerprint density at radius 2 is 1.77 bits per heavy atom. The summed E-state index contributed by atoms with van der Waals surface area (Å²) >= 11 is 0. The fourth-order valence-corrected chi connectivity index (χ4v) is 4.61. The van der Waals surface area contributed by atoms with E-state index in [0.717, 1.165) is 41.6 Å². The Labute approximate surface area is 201 Å². The molecule has 1 aliphatic rings. The van der Waals surface area contributed by atoms with Crippen LogP contribution >= 0.6 is 0 Å². The first-order valence-corrected chi connectivity index (χ1v) is 11.3. The fraction of sp³-hybridized carbons (Fsp3) is 0.231. The number of methoxy groups -OCH3 is 1. The van der Waals surface area contributed by atoms with Gasteiger partial charge < -0.3 is 20.5 Å². The van der Waals surface area contributed by atoms with E-state index in [2.05, 4.69) is 15.7 Å². The normalized spacial score (nSPS) is 14.2. The van der Waals surface area contributed by atoms with Crippen LogP contribution in [0.5, 0.6) is 5.75 Å². The number of carbonyl (C=O) groups is 2. The van der Waals surface area contributed by atoms with Crippen LogP contribution in [0.3, 0.4) is 0 Å². The van der Waals surface area contributed by atoms with Crippen LogP contribution in [0.4, 0.5) is 4.79 Å². The van der Waals surface area contributed by atoms with Crippen molar-refractivity contribution in [1.29, 1.82) is 0 Å². The lowest BCUT2D eigenvalue weighted by Crippen LogP contribution is -2.50. The second-order valence-corrected chi connectivity index (χ2v) is 8.53. The van der Waals surface area contributed by atoms with Gasteiger partial charge in [-0.3, -0.25) is 4.79 Å². The van der Waals surface area contributed by atoms with Gasteiger partial charge in [-0.15, -0.1) is 0 Å². The zero-order valence-electron chi connectivity index (χ0n) is 19.4. The number of benzene rings is 2. The van der Waals surface area contributed by atoms with Crippen molar-refractivity contribution in [2.24, 2.45) is 0 Å². The third-order valence-electron chi connectivity index (χ3n) is 6.54. The standard InChI is InChI=1S/C26H25N5O4/c1-27-24(32)19-15-20(35-2)23-28-21(22(31(23)30-19)17-7-4-3-5-8-17)16-9-11-18(12-10-16)26(13-6-14-26)29-25(33)34/h3-5,7-12,15,29H,6,13-14H2,1-2H3,(H,27,32)(H,33,34). The van der Waals surface area contributed by atoms with Crippen molar-refractivity contribution in [1.82, 2.24) is 25.2 Å². The maximum Gasteiger partial charge on any atom is 0.405 e. The van der Waals surface area contributed by atoms with Crippen LogP contribution in [0.1, 0.15) is 35.3 Å². The van der Waals surface area contributed by atoms with E-state index in [1.54, 1.807) is 17.6 Å². The average Bonchev–Trinajstić information content (AvgIpc) is 3.25. The molecule has 0 unspecified atom stereocenters. The highest BCUT2D eigenvalue weighted by Crippen LogP contribution is 2.42. The molecule has 2 heterocycles. The van der Waals surface area contributed by atoms with Gasteiger partial charge in [-0.2, -0.15) is 5.10 Å². The van der Waals surface area contributed by atoms with E-state index in [1.165, 1.54) is 7.11 Å². The number of aromatic nitrogens is 3. The number of ether oxygens (including phenoxy) is 1. The van der Waals surface area contributed by atoms with Crippen molar-refractivity contribution < 1.29 is 19.4 Å². The van der Waals surface area contributed by atoms with Gasteiger partial charge in [-0.05, 0) is 24.8 Å². The van der Waals surface area contributed by atoms with E-state index in [-0.39, 0.29) is 11.6 Å². The van der Waals surface area contributed by atoms with Gasteiger partial charge in [0, 0.05) is 24.2 Å². The first-order valence-electron chi connectivity index (χ1n) is 11.3. The molecule has 0 saturated heterocycles. The van der Waals surface area contributed by atoms with Crippen LogP contribution in [0.2, 0.25) is 0 Å². The minimum absolute atomic E-state index is 0.208. The molecule has 0 spiro atoms. The summed E-state index contributed by atoms with van der Waals surface area (Å²) in [6, 6.07) is 19.1. The number of hydrogen-bond donors (Lipinski definition) is 3. The molecule has 1 saturated carbocycles. The van der Waals surface area contributed by atoms with Crippen molar-refractivity contribution in [3.8, 4) is 28.3 Å². The van der Waals surface area contributed by atoms with Crippen LogP contribution in [0.25, 0.3) is 28.2 Å². The molecule has 2 aromatic carbocycles. The Kier molecular flexibility index (Phi) is 5.60. The Hall–Kier alpha value is -4.40. The summed E-state index contributed by atoms with van der Waals surface area (Å²) in [5, 5.41) is 19.2. The Morgan fingerprint density at radius 3 is 2.34 bits per heavy atom. The molecular formula is C26H25N5O4. The number of fused-ring (bicyclic) bond motifs is 1. The van der Waals surface area contributed by atoms with Crippen LogP contribution in [-0.2, 0) is 5.54 Å². The predicted molar refractivity (Wildman–Crippen MR) is 130 cm³/mol. The Morgan fingerprint density at radius 1 is 1.06 bits per heavy atom. The van der Waals surface area contributed by atoms with Gasteiger partial charge in [0.15, 0.2) is 17.1 Å². The topological polar surface area (TPSA) is 118 Å². The number of amides is 2. The molecule has 0 aliphatic heterocycles. The molecule has 178 valence electrons. The largest absolute Gasteiger partial charge is 0.493 e. The molecule has 5 rings (SSSR count). The molecule has 4 aromatic rings. The van der Waals surface area contributed by atoms with E-state index in [4.69, 9.17) is 9.72 Å². The molecule has 9 heteroatoms. The zero-order chi connectivity index (χ0) is 24.6. The van der Waals surface area contributed by atoms with Crippen molar-refractivity contribution in [2.75, 3.05) is 14.2 Å². The smallest absolute Gasteiger partial charge is 0.405 e. The summed E-state index contributed by atoms with van der Waals surface area (Å²) in [6.07, 6.45) is 1.49. The number of carbonyl (C=O) groups excluding carboxylic acids is 1. The molecular weight excluding hydrogens is 446 g/mol. The summed E-state index contributed by atoms with van der Waals surface area (Å²) in [4.78, 5) is 28.6. The monoisotopic (exact) mass is 471 g/mol. The lowest BCUT2D eigenvalue weighted by molar-refractivity contribution is 0.0956. The van der Waals surface area contributed by atoms with Gasteiger partial charge in [0.25, 0.3) is 5.91 Å². The molecule has 0 bridgehead atoms. The predicted octanol–water partition coefficient (Wildman–Crippen LogP) is 4.08. The van der Waals surface area contributed by atoms with E-state index in [1.807, 2.05) is 54.6 Å². The molecule has 2 aromatic heterocycles. The number of rotatable bonds is 6. The maximum atomic E-state index is 12.4. The van der Waals surface area contributed by atoms with Crippen LogP contribution in [0, 0.1) is 0 Å². The molecule has 0 atom stereocenters. The first-order chi connectivity index (χ1) is 17.0. The number of hydrogen-bond acceptors (Lipinski definition) is 5. The van der Waals surface area contributed by atoms with Gasteiger partial charge in [0.2, 0.25) is 0 Å². The van der Waals surface area contributed by atoms with E-state index < -0.39 is 11.6 Å². The number of imidazole rings is 1. The molecule has 1 fully saturated rings. The Bertz CT molecular complexity index is 1410. The van der Waals surface area contributed by atoms with Gasteiger partial charge in [0.1, 0.15) is 5.69 Å². The molecule has 0 radical (unpaired) electrons. The van der Waals surface area contributed by atoms with Gasteiger partial charge in [-0.25, -0.2) is 14.3 Å². The molecule has 3 N–H and O–H groups in total. The third-order valence-corrected chi connectivity index (χ3v) is 6.54. The summed E-state index contributed by atoms with van der Waals surface area (Å²) < 4.78 is 7.20.